The zero-order valence-electron chi connectivity index (χ0n) is 15.8. The summed E-state index contributed by atoms with van der Waals surface area (Å²) >= 11 is 0. The van der Waals surface area contributed by atoms with Crippen LogP contribution in [-0.4, -0.2) is 29.6 Å². The summed E-state index contributed by atoms with van der Waals surface area (Å²) in [6, 6.07) is 19.0. The molecule has 25 heavy (non-hydrogen) atoms. The van der Waals surface area contributed by atoms with Gasteiger partial charge in [0.25, 0.3) is 0 Å². The third kappa shape index (κ3) is 3.80. The van der Waals surface area contributed by atoms with Gasteiger partial charge in [-0.2, -0.15) is 0 Å². The lowest BCUT2D eigenvalue weighted by Crippen LogP contribution is -2.44. The number of rotatable bonds is 6. The zero-order chi connectivity index (χ0) is 17.9. The SMILES string of the molecule is Cc1ccc([C@@](O)(C(C)C)[C@@H](CN2CCCC2)c2ccccc2)cc1. The molecule has 1 aliphatic heterocycles. The largest absolute Gasteiger partial charge is 0.384 e. The van der Waals surface area contributed by atoms with E-state index in [1.165, 1.54) is 24.0 Å². The van der Waals surface area contributed by atoms with Crippen molar-refractivity contribution < 1.29 is 5.11 Å². The van der Waals surface area contributed by atoms with Crippen LogP contribution in [-0.2, 0) is 5.60 Å². The van der Waals surface area contributed by atoms with Crippen LogP contribution in [0, 0.1) is 12.8 Å². The second-order valence-electron chi connectivity index (χ2n) is 7.82. The molecule has 2 nitrogen and oxygen atoms in total. The third-order valence-electron chi connectivity index (χ3n) is 5.77. The Morgan fingerprint density at radius 2 is 1.56 bits per heavy atom. The van der Waals surface area contributed by atoms with Crippen molar-refractivity contribution in [3.8, 4) is 0 Å². The van der Waals surface area contributed by atoms with Crippen LogP contribution in [0.15, 0.2) is 54.6 Å². The minimum Gasteiger partial charge on any atom is -0.384 e. The molecular weight excluding hydrogens is 306 g/mol. The molecule has 3 rings (SSSR count). The Balaban J connectivity index is 2.04. The van der Waals surface area contributed by atoms with Gasteiger partial charge in [0.15, 0.2) is 0 Å². The van der Waals surface area contributed by atoms with Crippen molar-refractivity contribution in [1.82, 2.24) is 4.90 Å². The van der Waals surface area contributed by atoms with Crippen LogP contribution in [0.1, 0.15) is 49.3 Å². The molecule has 0 unspecified atom stereocenters. The second-order valence-corrected chi connectivity index (χ2v) is 7.82. The molecule has 0 aliphatic carbocycles. The fourth-order valence-corrected chi connectivity index (χ4v) is 4.16. The minimum atomic E-state index is -0.877. The maximum Gasteiger partial charge on any atom is 0.0999 e. The summed E-state index contributed by atoms with van der Waals surface area (Å²) in [4.78, 5) is 2.51. The van der Waals surface area contributed by atoms with Crippen LogP contribution >= 0.6 is 0 Å². The molecule has 2 aromatic rings. The van der Waals surface area contributed by atoms with Crippen LogP contribution in [0.4, 0.5) is 0 Å². The molecule has 1 heterocycles. The van der Waals surface area contributed by atoms with Gasteiger partial charge in [0, 0.05) is 12.5 Å². The van der Waals surface area contributed by atoms with E-state index in [4.69, 9.17) is 0 Å². The van der Waals surface area contributed by atoms with Crippen molar-refractivity contribution >= 4 is 0 Å². The van der Waals surface area contributed by atoms with Gasteiger partial charge < -0.3 is 10.0 Å². The van der Waals surface area contributed by atoms with E-state index in [0.717, 1.165) is 25.2 Å². The number of benzene rings is 2. The van der Waals surface area contributed by atoms with Crippen molar-refractivity contribution in [2.75, 3.05) is 19.6 Å². The van der Waals surface area contributed by atoms with E-state index in [-0.39, 0.29) is 11.8 Å². The predicted molar refractivity (Wildman–Crippen MR) is 105 cm³/mol. The maximum absolute atomic E-state index is 12.0. The predicted octanol–water partition coefficient (Wildman–Crippen LogP) is 4.72. The topological polar surface area (TPSA) is 23.5 Å². The Morgan fingerprint density at radius 1 is 0.960 bits per heavy atom. The van der Waals surface area contributed by atoms with Crippen LogP contribution in [0.3, 0.4) is 0 Å². The third-order valence-corrected chi connectivity index (χ3v) is 5.77. The number of nitrogens with zero attached hydrogens (tertiary/aromatic N) is 1. The molecule has 2 heteroatoms. The highest BCUT2D eigenvalue weighted by molar-refractivity contribution is 5.34. The molecule has 0 radical (unpaired) electrons. The standard InChI is InChI=1S/C23H31NO/c1-18(2)23(25,21-13-11-19(3)12-14-21)22(17-24-15-7-8-16-24)20-9-5-4-6-10-20/h4-6,9-14,18,22,25H,7-8,15-17H2,1-3H3/t22-,23-/m0/s1. The lowest BCUT2D eigenvalue weighted by Gasteiger charge is -2.42. The van der Waals surface area contributed by atoms with E-state index in [2.05, 4.69) is 80.3 Å². The highest BCUT2D eigenvalue weighted by atomic mass is 16.3. The molecular formula is C23H31NO. The number of hydrogen-bond donors (Lipinski definition) is 1. The highest BCUT2D eigenvalue weighted by Crippen LogP contribution is 2.43. The van der Waals surface area contributed by atoms with E-state index >= 15 is 0 Å². The molecule has 1 N–H and O–H groups in total. The first-order valence-electron chi connectivity index (χ1n) is 9.58. The second kappa shape index (κ2) is 7.72. The lowest BCUT2D eigenvalue weighted by atomic mass is 9.70. The van der Waals surface area contributed by atoms with Crippen molar-refractivity contribution in [1.29, 1.82) is 0 Å². The van der Waals surface area contributed by atoms with Crippen LogP contribution in [0.2, 0.25) is 0 Å². The van der Waals surface area contributed by atoms with Crippen LogP contribution in [0.25, 0.3) is 0 Å². The average Bonchev–Trinajstić information content (AvgIpc) is 3.13. The monoisotopic (exact) mass is 337 g/mol. The molecule has 1 aliphatic rings. The summed E-state index contributed by atoms with van der Waals surface area (Å²) in [5.74, 6) is 0.192. The summed E-state index contributed by atoms with van der Waals surface area (Å²) in [6.45, 7) is 9.57. The van der Waals surface area contributed by atoms with Crippen molar-refractivity contribution in [2.45, 2.75) is 45.1 Å². The van der Waals surface area contributed by atoms with Gasteiger partial charge in [-0.1, -0.05) is 74.0 Å². The van der Waals surface area contributed by atoms with E-state index in [1.807, 2.05) is 0 Å². The summed E-state index contributed by atoms with van der Waals surface area (Å²) in [7, 11) is 0. The molecule has 0 spiro atoms. The Hall–Kier alpha value is -1.64. The molecule has 0 bridgehead atoms. The first-order chi connectivity index (χ1) is 12.0. The highest BCUT2D eigenvalue weighted by Gasteiger charge is 2.43. The smallest absolute Gasteiger partial charge is 0.0999 e. The van der Waals surface area contributed by atoms with Gasteiger partial charge in [0.05, 0.1) is 5.60 Å². The molecule has 2 atom stereocenters. The quantitative estimate of drug-likeness (QED) is 0.824. The number of aryl methyl sites for hydroxylation is 1. The van der Waals surface area contributed by atoms with Crippen LogP contribution < -0.4 is 0 Å². The van der Waals surface area contributed by atoms with Gasteiger partial charge in [0.1, 0.15) is 0 Å². The van der Waals surface area contributed by atoms with E-state index in [0.29, 0.717) is 0 Å². The fourth-order valence-electron chi connectivity index (χ4n) is 4.16. The molecule has 0 amide bonds. The molecule has 0 aromatic heterocycles. The van der Waals surface area contributed by atoms with Crippen molar-refractivity contribution in [2.24, 2.45) is 5.92 Å². The van der Waals surface area contributed by atoms with Crippen molar-refractivity contribution in [3.63, 3.8) is 0 Å². The summed E-state index contributed by atoms with van der Waals surface area (Å²) in [5, 5.41) is 12.0. The summed E-state index contributed by atoms with van der Waals surface area (Å²) in [5.41, 5.74) is 2.61. The summed E-state index contributed by atoms with van der Waals surface area (Å²) in [6.07, 6.45) is 2.54. The van der Waals surface area contributed by atoms with E-state index in [1.54, 1.807) is 0 Å². The van der Waals surface area contributed by atoms with Gasteiger partial charge >= 0.3 is 0 Å². The van der Waals surface area contributed by atoms with E-state index < -0.39 is 5.60 Å². The van der Waals surface area contributed by atoms with Crippen LogP contribution in [0.5, 0.6) is 0 Å². The zero-order valence-corrected chi connectivity index (χ0v) is 15.8. The molecule has 2 aromatic carbocycles. The minimum absolute atomic E-state index is 0.0644. The first-order valence-corrected chi connectivity index (χ1v) is 9.58. The fraction of sp³-hybridized carbons (Fsp3) is 0.478. The molecule has 0 saturated carbocycles. The molecule has 1 saturated heterocycles. The van der Waals surface area contributed by atoms with Crippen molar-refractivity contribution in [3.05, 3.63) is 71.3 Å². The van der Waals surface area contributed by atoms with Gasteiger partial charge in [-0.3, -0.25) is 0 Å². The first kappa shape index (κ1) is 18.2. The van der Waals surface area contributed by atoms with Gasteiger partial charge in [-0.25, -0.2) is 0 Å². The Kier molecular flexibility index (Phi) is 5.61. The van der Waals surface area contributed by atoms with Gasteiger partial charge in [-0.05, 0) is 49.9 Å². The number of aliphatic hydroxyl groups is 1. The Bertz CT molecular complexity index is 658. The number of likely N-dealkylation sites (tertiary alicyclic amines) is 1. The van der Waals surface area contributed by atoms with E-state index in [9.17, 15) is 5.11 Å². The Morgan fingerprint density at radius 3 is 2.12 bits per heavy atom. The molecule has 1 fully saturated rings. The molecule has 134 valence electrons. The Labute approximate surface area is 152 Å². The van der Waals surface area contributed by atoms with Gasteiger partial charge in [-0.15, -0.1) is 0 Å². The summed E-state index contributed by atoms with van der Waals surface area (Å²) < 4.78 is 0. The number of hydrogen-bond acceptors (Lipinski definition) is 2. The normalized spacial score (nSPS) is 19.1. The lowest BCUT2D eigenvalue weighted by molar-refractivity contribution is -0.0447. The van der Waals surface area contributed by atoms with Gasteiger partial charge in [0.2, 0.25) is 0 Å². The maximum atomic E-state index is 12.0. The average molecular weight is 338 g/mol.